The van der Waals surface area contributed by atoms with E-state index in [0.717, 1.165) is 5.57 Å². The van der Waals surface area contributed by atoms with E-state index in [-0.39, 0.29) is 27.8 Å². The third-order valence-electron chi connectivity index (χ3n) is 4.85. The molecular formula is C21H20FN2O4S-. The van der Waals surface area contributed by atoms with Crippen LogP contribution in [-0.2, 0) is 14.8 Å². The number of hydrogen-bond donors (Lipinski definition) is 1. The fourth-order valence-corrected chi connectivity index (χ4v) is 4.58. The molecule has 2 heterocycles. The monoisotopic (exact) mass is 415 g/mol. The standard InChI is InChI=1S/C14H14N2O4S.C7H6F/c1-7-5-4-6-9-11(15-21(19,20)13(7)9)10-12(17)8(2)16(3)14(10)18;1-6-2-4-7(8)5-3-6/h4-6,8,17H,1-3H3;2-5H,1H2/q;-1/t8-;/m0./s1. The van der Waals surface area contributed by atoms with Gasteiger partial charge in [0.2, 0.25) is 0 Å². The molecule has 0 bridgehead atoms. The number of aliphatic hydroxyl groups excluding tert-OH is 1. The molecule has 1 aromatic carbocycles. The van der Waals surface area contributed by atoms with Crippen molar-refractivity contribution in [1.29, 1.82) is 0 Å². The fourth-order valence-electron chi connectivity index (χ4n) is 3.14. The van der Waals surface area contributed by atoms with Crippen molar-refractivity contribution in [2.45, 2.75) is 24.8 Å². The van der Waals surface area contributed by atoms with Gasteiger partial charge in [0.15, 0.2) is 0 Å². The Hall–Kier alpha value is -3.13. The topological polar surface area (TPSA) is 87.0 Å². The third kappa shape index (κ3) is 3.63. The first-order chi connectivity index (χ1) is 13.5. The summed E-state index contributed by atoms with van der Waals surface area (Å²) in [4.78, 5) is 13.7. The number of rotatable bonds is 1. The molecule has 0 radical (unpaired) electrons. The molecule has 3 aliphatic rings. The minimum Gasteiger partial charge on any atom is -0.509 e. The van der Waals surface area contributed by atoms with Crippen LogP contribution >= 0.6 is 0 Å². The number of aliphatic hydroxyl groups is 1. The normalized spacial score (nSPS) is 21.9. The van der Waals surface area contributed by atoms with Crippen LogP contribution in [0.5, 0.6) is 0 Å². The average Bonchev–Trinajstić information content (AvgIpc) is 3.04. The van der Waals surface area contributed by atoms with Crippen molar-refractivity contribution >= 4 is 21.6 Å². The molecule has 1 aliphatic carbocycles. The van der Waals surface area contributed by atoms with Gasteiger partial charge in [0, 0.05) is 18.4 Å². The van der Waals surface area contributed by atoms with Crippen molar-refractivity contribution in [3.05, 3.63) is 83.3 Å². The molecule has 0 saturated carbocycles. The van der Waals surface area contributed by atoms with Crippen LogP contribution in [0.15, 0.2) is 75.0 Å². The van der Waals surface area contributed by atoms with Gasteiger partial charge in [0.05, 0.1) is 6.04 Å². The minimum absolute atomic E-state index is 0.0297. The van der Waals surface area contributed by atoms with Crippen LogP contribution in [0.4, 0.5) is 4.39 Å². The zero-order valence-corrected chi connectivity index (χ0v) is 17.0. The van der Waals surface area contributed by atoms with E-state index in [2.05, 4.69) is 11.0 Å². The number of allylic oxidation sites excluding steroid dienone is 5. The van der Waals surface area contributed by atoms with E-state index in [1.165, 1.54) is 17.1 Å². The summed E-state index contributed by atoms with van der Waals surface area (Å²) in [6, 6.07) is 4.48. The maximum absolute atomic E-state index is 12.3. The molecule has 2 aliphatic heterocycles. The summed E-state index contributed by atoms with van der Waals surface area (Å²) in [5, 5.41) is 10.2. The summed E-state index contributed by atoms with van der Waals surface area (Å²) < 4.78 is 40.2. The molecule has 4 rings (SSSR count). The van der Waals surface area contributed by atoms with Gasteiger partial charge >= 0.3 is 0 Å². The zero-order chi connectivity index (χ0) is 21.5. The van der Waals surface area contributed by atoms with Crippen molar-refractivity contribution in [2.75, 3.05) is 7.05 Å². The predicted octanol–water partition coefficient (Wildman–Crippen LogP) is 3.33. The molecular weight excluding hydrogens is 395 g/mol. The van der Waals surface area contributed by atoms with E-state index in [4.69, 9.17) is 0 Å². The third-order valence-corrected chi connectivity index (χ3v) is 6.33. The lowest BCUT2D eigenvalue weighted by Crippen LogP contribution is -2.30. The van der Waals surface area contributed by atoms with Crippen molar-refractivity contribution in [2.24, 2.45) is 4.40 Å². The van der Waals surface area contributed by atoms with Gasteiger partial charge in [-0.15, -0.1) is 24.6 Å². The van der Waals surface area contributed by atoms with Crippen LogP contribution in [-0.4, -0.2) is 43.1 Å². The molecule has 0 fully saturated rings. The highest BCUT2D eigenvalue weighted by molar-refractivity contribution is 7.90. The lowest BCUT2D eigenvalue weighted by Gasteiger charge is -2.14. The SMILES string of the molecule is C=C1C=CC(F)=C[CH-]1.Cc1cccc2c1S(=O)(=O)N=C2C1=C(O)[C@H](C)N(C)C1=O. The zero-order valence-electron chi connectivity index (χ0n) is 16.2. The average molecular weight is 415 g/mol. The maximum Gasteiger partial charge on any atom is 0.283 e. The Morgan fingerprint density at radius 3 is 2.52 bits per heavy atom. The second kappa shape index (κ2) is 7.36. The molecule has 29 heavy (non-hydrogen) atoms. The van der Waals surface area contributed by atoms with Crippen LogP contribution < -0.4 is 0 Å². The van der Waals surface area contributed by atoms with Gasteiger partial charge < -0.3 is 10.0 Å². The highest BCUT2D eigenvalue weighted by atomic mass is 32.2. The molecule has 0 aromatic heterocycles. The van der Waals surface area contributed by atoms with Gasteiger partial charge in [0.25, 0.3) is 15.9 Å². The molecule has 0 unspecified atom stereocenters. The Balaban J connectivity index is 0.000000252. The highest BCUT2D eigenvalue weighted by Crippen LogP contribution is 2.35. The van der Waals surface area contributed by atoms with Crippen molar-refractivity contribution in [3.8, 4) is 0 Å². The molecule has 1 atom stereocenters. The molecule has 152 valence electrons. The Morgan fingerprint density at radius 2 is 2.00 bits per heavy atom. The molecule has 1 aromatic rings. The molecule has 1 amide bonds. The summed E-state index contributed by atoms with van der Waals surface area (Å²) in [5.41, 5.74) is 1.78. The van der Waals surface area contributed by atoms with Crippen molar-refractivity contribution < 1.29 is 22.7 Å². The van der Waals surface area contributed by atoms with E-state index in [9.17, 15) is 22.7 Å². The number of halogens is 1. The van der Waals surface area contributed by atoms with Gasteiger partial charge in [-0.25, -0.2) is 0 Å². The van der Waals surface area contributed by atoms with E-state index < -0.39 is 22.0 Å². The summed E-state index contributed by atoms with van der Waals surface area (Å²) in [6.45, 7) is 6.94. The Kier molecular flexibility index (Phi) is 5.23. The summed E-state index contributed by atoms with van der Waals surface area (Å²) in [7, 11) is -2.28. The number of hydrogen-bond acceptors (Lipinski definition) is 4. The Bertz CT molecular complexity index is 1140. The Labute approximate surface area is 169 Å². The van der Waals surface area contributed by atoms with Gasteiger partial charge in [-0.1, -0.05) is 18.2 Å². The summed E-state index contributed by atoms with van der Waals surface area (Å²) in [5.74, 6) is -0.786. The van der Waals surface area contributed by atoms with Crippen molar-refractivity contribution in [1.82, 2.24) is 4.90 Å². The quantitative estimate of drug-likeness (QED) is 0.713. The van der Waals surface area contributed by atoms with Gasteiger partial charge in [-0.3, -0.25) is 9.18 Å². The largest absolute Gasteiger partial charge is 0.509 e. The predicted molar refractivity (Wildman–Crippen MR) is 109 cm³/mol. The Morgan fingerprint density at radius 1 is 1.31 bits per heavy atom. The van der Waals surface area contributed by atoms with Crippen LogP contribution in [0.3, 0.4) is 0 Å². The number of nitrogens with zero attached hydrogens (tertiary/aromatic N) is 2. The molecule has 8 heteroatoms. The number of carbonyl (C=O) groups excluding carboxylic acids is 1. The molecule has 0 spiro atoms. The van der Waals surface area contributed by atoms with Crippen LogP contribution in [0.2, 0.25) is 0 Å². The second-order valence-corrected chi connectivity index (χ2v) is 8.39. The van der Waals surface area contributed by atoms with Gasteiger partial charge in [-0.05, 0) is 19.4 Å². The lowest BCUT2D eigenvalue weighted by molar-refractivity contribution is -0.125. The van der Waals surface area contributed by atoms with Gasteiger partial charge in [-0.2, -0.15) is 25.0 Å². The van der Waals surface area contributed by atoms with Crippen LogP contribution in [0.25, 0.3) is 0 Å². The fraction of sp³-hybridized carbons (Fsp3) is 0.190. The number of amides is 1. The maximum atomic E-state index is 12.3. The van der Waals surface area contributed by atoms with E-state index in [1.807, 2.05) is 0 Å². The second-order valence-electron chi connectivity index (χ2n) is 6.85. The number of carbonyl (C=O) groups is 1. The number of likely N-dealkylation sites (N-methyl/N-ethyl adjacent to an activating group) is 1. The number of benzene rings is 1. The lowest BCUT2D eigenvalue weighted by atomic mass is 10.00. The molecule has 1 N–H and O–H groups in total. The van der Waals surface area contributed by atoms with Crippen molar-refractivity contribution in [3.63, 3.8) is 0 Å². The van der Waals surface area contributed by atoms with E-state index in [1.54, 1.807) is 51.6 Å². The van der Waals surface area contributed by atoms with E-state index in [0.29, 0.717) is 11.1 Å². The summed E-state index contributed by atoms with van der Waals surface area (Å²) >= 11 is 0. The number of aryl methyl sites for hydroxylation is 1. The first-order valence-corrected chi connectivity index (χ1v) is 10.2. The minimum atomic E-state index is -3.83. The number of sulfonamides is 1. The van der Waals surface area contributed by atoms with Gasteiger partial charge in [0.1, 0.15) is 21.9 Å². The smallest absolute Gasteiger partial charge is 0.283 e. The highest BCUT2D eigenvalue weighted by Gasteiger charge is 2.42. The molecule has 6 nitrogen and oxygen atoms in total. The van der Waals surface area contributed by atoms with E-state index >= 15 is 0 Å². The van der Waals surface area contributed by atoms with Crippen LogP contribution in [0.1, 0.15) is 18.1 Å². The molecule has 0 saturated heterocycles. The van der Waals surface area contributed by atoms with Crippen LogP contribution in [0, 0.1) is 13.3 Å². The first-order valence-electron chi connectivity index (χ1n) is 8.77. The summed E-state index contributed by atoms with van der Waals surface area (Å²) in [6.07, 6.45) is 6.05. The number of fused-ring (bicyclic) bond motifs is 1. The first kappa shape index (κ1) is 20.6.